The fourth-order valence-electron chi connectivity index (χ4n) is 7.51. The van der Waals surface area contributed by atoms with Gasteiger partial charge < -0.3 is 14.2 Å². The van der Waals surface area contributed by atoms with Crippen LogP contribution in [0.15, 0.2) is 11.6 Å². The summed E-state index contributed by atoms with van der Waals surface area (Å²) in [6, 6.07) is 0. The molecule has 4 aliphatic rings. The highest BCUT2D eigenvalue weighted by Crippen LogP contribution is 2.68. The van der Waals surface area contributed by atoms with Gasteiger partial charge in [0.15, 0.2) is 11.4 Å². The number of carbonyl (C=O) groups excluding carboxylic acids is 4. The summed E-state index contributed by atoms with van der Waals surface area (Å²) >= 11 is 6.92. The van der Waals surface area contributed by atoms with E-state index < -0.39 is 45.8 Å². The van der Waals surface area contributed by atoms with Crippen LogP contribution in [0.1, 0.15) is 60.3 Å². The van der Waals surface area contributed by atoms with Gasteiger partial charge in [-0.2, -0.15) is 0 Å². The Morgan fingerprint density at radius 2 is 1.72 bits per heavy atom. The summed E-state index contributed by atoms with van der Waals surface area (Å²) in [5.41, 5.74) is -1.54. The summed E-state index contributed by atoms with van der Waals surface area (Å²) in [4.78, 5) is 49.1. The lowest BCUT2D eigenvalue weighted by molar-refractivity contribution is -0.197. The number of rotatable bonds is 3. The number of fused-ring (bicyclic) bond motifs is 5. The van der Waals surface area contributed by atoms with Crippen molar-refractivity contribution in [1.29, 1.82) is 0 Å². The molecule has 0 N–H and O–H groups in total. The normalized spacial score (nSPS) is 44.9. The quantitative estimate of drug-likeness (QED) is 0.357. The van der Waals surface area contributed by atoms with Crippen molar-refractivity contribution in [3.63, 3.8) is 0 Å². The van der Waals surface area contributed by atoms with E-state index in [9.17, 15) is 19.2 Å². The Balaban J connectivity index is 1.83. The molecular formula is C24H31ClO7. The van der Waals surface area contributed by atoms with Crippen LogP contribution in [0.5, 0.6) is 0 Å². The molecular weight excluding hydrogens is 436 g/mol. The number of hydrogen-bond donors (Lipinski definition) is 0. The Morgan fingerprint density at radius 1 is 1.06 bits per heavy atom. The molecule has 32 heavy (non-hydrogen) atoms. The van der Waals surface area contributed by atoms with Crippen molar-refractivity contribution in [2.45, 2.75) is 77.4 Å². The molecule has 3 aliphatic carbocycles. The first-order valence-corrected chi connectivity index (χ1v) is 11.7. The molecule has 0 bridgehead atoms. The fraction of sp³-hybridized carbons (Fsp3) is 0.750. The molecule has 7 nitrogen and oxygen atoms in total. The molecule has 0 radical (unpaired) electrons. The summed E-state index contributed by atoms with van der Waals surface area (Å²) in [5.74, 6) is -1.67. The second-order valence-corrected chi connectivity index (χ2v) is 10.8. The number of Topliss-reactive ketones (excluding diaryl/α,β-unsaturated/α-hetero) is 1. The molecule has 176 valence electrons. The molecule has 0 amide bonds. The Hall–Kier alpha value is -1.89. The predicted molar refractivity (Wildman–Crippen MR) is 115 cm³/mol. The number of cyclic esters (lactones) is 1. The number of esters is 3. The summed E-state index contributed by atoms with van der Waals surface area (Å²) < 4.78 is 17.0. The van der Waals surface area contributed by atoms with Crippen LogP contribution >= 0.6 is 11.6 Å². The highest BCUT2D eigenvalue weighted by molar-refractivity contribution is 6.23. The first kappa shape index (κ1) is 23.3. The van der Waals surface area contributed by atoms with Gasteiger partial charge in [-0.1, -0.05) is 13.8 Å². The van der Waals surface area contributed by atoms with E-state index in [4.69, 9.17) is 25.8 Å². The highest BCUT2D eigenvalue weighted by atomic mass is 35.5. The lowest BCUT2D eigenvalue weighted by Crippen LogP contribution is -2.64. The third-order valence-electron chi connectivity index (χ3n) is 8.87. The molecule has 3 fully saturated rings. The van der Waals surface area contributed by atoms with E-state index in [2.05, 4.69) is 6.92 Å². The predicted octanol–water partition coefficient (Wildman–Crippen LogP) is 3.36. The van der Waals surface area contributed by atoms with Crippen molar-refractivity contribution in [2.75, 3.05) is 6.61 Å². The molecule has 0 unspecified atom stereocenters. The van der Waals surface area contributed by atoms with Crippen molar-refractivity contribution in [1.82, 2.24) is 0 Å². The lowest BCUT2D eigenvalue weighted by atomic mass is 9.46. The molecule has 1 heterocycles. The minimum Gasteiger partial charge on any atom is -0.462 e. The summed E-state index contributed by atoms with van der Waals surface area (Å²) in [5, 5.41) is -0.679. The van der Waals surface area contributed by atoms with Gasteiger partial charge in [0.05, 0.1) is 5.38 Å². The lowest BCUT2D eigenvalue weighted by Gasteiger charge is -2.61. The molecule has 0 saturated heterocycles. The molecule has 8 heteroatoms. The monoisotopic (exact) mass is 466 g/mol. The van der Waals surface area contributed by atoms with E-state index in [1.165, 1.54) is 26.8 Å². The molecule has 0 aromatic rings. The first-order chi connectivity index (χ1) is 14.9. The molecule has 0 spiro atoms. The molecule has 0 aromatic heterocycles. The van der Waals surface area contributed by atoms with Crippen LogP contribution in [0, 0.1) is 28.6 Å². The zero-order valence-electron chi connectivity index (χ0n) is 19.2. The van der Waals surface area contributed by atoms with E-state index in [0.717, 1.165) is 5.57 Å². The zero-order chi connectivity index (χ0) is 23.6. The number of halogens is 1. The Labute approximate surface area is 193 Å². The Bertz CT molecular complexity index is 912. The van der Waals surface area contributed by atoms with E-state index in [1.54, 1.807) is 0 Å². The zero-order valence-corrected chi connectivity index (χ0v) is 20.0. The van der Waals surface area contributed by atoms with Gasteiger partial charge in [-0.25, -0.2) is 4.79 Å². The van der Waals surface area contributed by atoms with Gasteiger partial charge in [0.1, 0.15) is 12.7 Å². The smallest absolute Gasteiger partial charge is 0.330 e. The van der Waals surface area contributed by atoms with Gasteiger partial charge in [-0.3, -0.25) is 14.4 Å². The van der Waals surface area contributed by atoms with E-state index in [1.807, 2.05) is 6.92 Å². The molecule has 4 rings (SSSR count). The van der Waals surface area contributed by atoms with Crippen molar-refractivity contribution in [3.05, 3.63) is 11.6 Å². The molecule has 3 saturated carbocycles. The number of alkyl halides is 1. The van der Waals surface area contributed by atoms with E-state index in [0.29, 0.717) is 25.7 Å². The second-order valence-electron chi connectivity index (χ2n) is 10.4. The maximum Gasteiger partial charge on any atom is 0.330 e. The molecule has 0 aromatic carbocycles. The molecule has 1 aliphatic heterocycles. The standard InChI is InChI=1S/C24H31ClO7/c1-12(26)24(32-14(3)28)9-7-16-19-15(6-8-23(16,24)5)22(4)11-30-18(29)10-17(22)20(25)21(19)31-13(2)27/h10,15-16,19-21H,6-9,11H2,1-5H3/t15-,16-,19+,20-,21-,22+,23-,24-/m0/s1. The topological polar surface area (TPSA) is 96.0 Å². The molecule has 8 atom stereocenters. The van der Waals surface area contributed by atoms with Gasteiger partial charge >= 0.3 is 17.9 Å². The van der Waals surface area contributed by atoms with E-state index >= 15 is 0 Å². The van der Waals surface area contributed by atoms with Crippen LogP contribution in [0.25, 0.3) is 0 Å². The van der Waals surface area contributed by atoms with Crippen LogP contribution in [-0.4, -0.2) is 47.4 Å². The van der Waals surface area contributed by atoms with Crippen LogP contribution in [0.3, 0.4) is 0 Å². The number of ether oxygens (including phenoxy) is 3. The Morgan fingerprint density at radius 3 is 2.31 bits per heavy atom. The third-order valence-corrected chi connectivity index (χ3v) is 9.35. The highest BCUT2D eigenvalue weighted by Gasteiger charge is 2.71. The van der Waals surface area contributed by atoms with Crippen LogP contribution < -0.4 is 0 Å². The van der Waals surface area contributed by atoms with Gasteiger partial charge in [0, 0.05) is 36.7 Å². The minimum atomic E-state index is -1.20. The largest absolute Gasteiger partial charge is 0.462 e. The van der Waals surface area contributed by atoms with Crippen molar-refractivity contribution in [3.8, 4) is 0 Å². The average molecular weight is 467 g/mol. The second kappa shape index (κ2) is 7.57. The summed E-state index contributed by atoms with van der Waals surface area (Å²) in [7, 11) is 0. The van der Waals surface area contributed by atoms with Gasteiger partial charge in [0.25, 0.3) is 0 Å². The van der Waals surface area contributed by atoms with E-state index in [-0.39, 0.29) is 30.1 Å². The van der Waals surface area contributed by atoms with Crippen LogP contribution in [-0.2, 0) is 33.4 Å². The van der Waals surface area contributed by atoms with Gasteiger partial charge in [-0.15, -0.1) is 11.6 Å². The summed E-state index contributed by atoms with van der Waals surface area (Å²) in [6.07, 6.45) is 3.27. The maximum absolute atomic E-state index is 12.9. The van der Waals surface area contributed by atoms with Crippen LogP contribution in [0.4, 0.5) is 0 Å². The van der Waals surface area contributed by atoms with Crippen LogP contribution in [0.2, 0.25) is 0 Å². The van der Waals surface area contributed by atoms with Crippen molar-refractivity contribution in [2.24, 2.45) is 28.6 Å². The SMILES string of the molecule is CC(=O)O[C@H]1[C@@H]2[C@H](CC[C@@]3(C)[C@H]2CC[C@]3(OC(C)=O)C(C)=O)[C@@]2(C)COC(=O)C=C2[C@@H]1Cl. The minimum absolute atomic E-state index is 0.0411. The number of carbonyl (C=O) groups is 4. The first-order valence-electron chi connectivity index (χ1n) is 11.3. The van der Waals surface area contributed by atoms with Crippen molar-refractivity contribution < 1.29 is 33.4 Å². The number of hydrogen-bond acceptors (Lipinski definition) is 7. The van der Waals surface area contributed by atoms with Gasteiger partial charge in [-0.05, 0) is 50.0 Å². The van der Waals surface area contributed by atoms with Crippen molar-refractivity contribution >= 4 is 35.3 Å². The number of ketones is 1. The average Bonchev–Trinajstić information content (AvgIpc) is 2.99. The fourth-order valence-corrected chi connectivity index (χ4v) is 8.05. The van der Waals surface area contributed by atoms with Gasteiger partial charge in [0.2, 0.25) is 0 Å². The third kappa shape index (κ3) is 3.06. The maximum atomic E-state index is 12.9. The Kier molecular flexibility index (Phi) is 5.51. The summed E-state index contributed by atoms with van der Waals surface area (Å²) in [6.45, 7) is 8.47.